The minimum atomic E-state index is -5.52. The molecule has 1 saturated carbocycles. The molecule has 0 heterocycles. The van der Waals surface area contributed by atoms with E-state index in [9.17, 15) is 21.6 Å². The first-order valence-corrected chi connectivity index (χ1v) is 10.0. The summed E-state index contributed by atoms with van der Waals surface area (Å²) >= 11 is 0. The average Bonchev–Trinajstić information content (AvgIpc) is 2.57. The van der Waals surface area contributed by atoms with Gasteiger partial charge in [-0.1, -0.05) is 36.0 Å². The van der Waals surface area contributed by atoms with E-state index in [1.54, 1.807) is 30.7 Å². The van der Waals surface area contributed by atoms with E-state index in [0.29, 0.717) is 17.9 Å². The molecule has 0 unspecified atom stereocenters. The molecule has 1 aromatic rings. The lowest BCUT2D eigenvalue weighted by molar-refractivity contribution is -0.0429. The molecule has 1 aromatic carbocycles. The molecule has 0 radical (unpaired) electrons. The predicted octanol–water partition coefficient (Wildman–Crippen LogP) is 4.58. The number of alkyl halides is 3. The maximum Gasteiger partial charge on any atom is 0.516 e. The number of anilines is 1. The Bertz CT molecular complexity index is 755. The lowest BCUT2D eigenvalue weighted by atomic mass is 9.82. The fraction of sp³-hybridized carbons (Fsp3) is 0.588. The van der Waals surface area contributed by atoms with Gasteiger partial charge in [-0.05, 0) is 38.8 Å². The highest BCUT2D eigenvalue weighted by Crippen LogP contribution is 2.33. The van der Waals surface area contributed by atoms with Gasteiger partial charge in [-0.15, -0.1) is 0 Å². The van der Waals surface area contributed by atoms with Crippen molar-refractivity contribution in [2.75, 3.05) is 11.3 Å². The number of hydrogen-bond acceptors (Lipinski definition) is 4. The summed E-state index contributed by atoms with van der Waals surface area (Å²) in [6, 6.07) is 4.52. The zero-order valence-electron chi connectivity index (χ0n) is 14.8. The van der Waals surface area contributed by atoms with Crippen LogP contribution >= 0.6 is 0 Å². The first kappa shape index (κ1) is 20.5. The Labute approximate surface area is 151 Å². The zero-order valence-corrected chi connectivity index (χ0v) is 15.6. The third-order valence-corrected chi connectivity index (χ3v) is 5.38. The van der Waals surface area contributed by atoms with E-state index in [2.05, 4.69) is 5.16 Å². The van der Waals surface area contributed by atoms with Gasteiger partial charge in [-0.3, -0.25) is 4.72 Å². The van der Waals surface area contributed by atoms with Crippen molar-refractivity contribution in [1.82, 2.24) is 0 Å². The second-order valence-corrected chi connectivity index (χ2v) is 8.00. The fourth-order valence-electron chi connectivity index (χ4n) is 3.02. The van der Waals surface area contributed by atoms with Crippen molar-refractivity contribution in [3.8, 4) is 0 Å². The molecule has 0 spiro atoms. The summed E-state index contributed by atoms with van der Waals surface area (Å²) in [7, 11) is -5.52. The van der Waals surface area contributed by atoms with Gasteiger partial charge in [0, 0.05) is 11.5 Å². The molecule has 26 heavy (non-hydrogen) atoms. The van der Waals surface area contributed by atoms with E-state index in [0.717, 1.165) is 37.7 Å². The Kier molecular flexibility index (Phi) is 6.54. The van der Waals surface area contributed by atoms with E-state index < -0.39 is 15.5 Å². The molecule has 1 aliphatic carbocycles. The molecule has 146 valence electrons. The summed E-state index contributed by atoms with van der Waals surface area (Å²) in [5, 5.41) is 4.13. The quantitative estimate of drug-likeness (QED) is 0.569. The second kappa shape index (κ2) is 8.28. The molecule has 0 aromatic heterocycles. The largest absolute Gasteiger partial charge is 0.516 e. The Hall–Kier alpha value is -1.77. The van der Waals surface area contributed by atoms with Gasteiger partial charge in [0.05, 0.1) is 11.4 Å². The lowest BCUT2D eigenvalue weighted by Crippen LogP contribution is -2.31. The lowest BCUT2D eigenvalue weighted by Gasteiger charge is -2.25. The molecule has 5 nitrogen and oxygen atoms in total. The van der Waals surface area contributed by atoms with Crippen LogP contribution in [0, 0.1) is 12.8 Å². The van der Waals surface area contributed by atoms with Gasteiger partial charge in [-0.2, -0.15) is 21.6 Å². The first-order chi connectivity index (χ1) is 12.2. The van der Waals surface area contributed by atoms with Crippen LogP contribution in [0.15, 0.2) is 23.4 Å². The van der Waals surface area contributed by atoms with Crippen LogP contribution in [0.25, 0.3) is 0 Å². The van der Waals surface area contributed by atoms with Gasteiger partial charge < -0.3 is 4.84 Å². The number of oxime groups is 1. The smallest absolute Gasteiger partial charge is 0.396 e. The van der Waals surface area contributed by atoms with Gasteiger partial charge in [0.1, 0.15) is 6.61 Å². The normalized spacial score (nSPS) is 17.2. The molecule has 0 atom stereocenters. The third-order valence-electron chi connectivity index (χ3n) is 4.28. The minimum absolute atomic E-state index is 0.0197. The van der Waals surface area contributed by atoms with Crippen molar-refractivity contribution >= 4 is 21.4 Å². The maximum atomic E-state index is 12.8. The number of halogens is 3. The van der Waals surface area contributed by atoms with Crippen LogP contribution in [-0.2, 0) is 14.9 Å². The highest BCUT2D eigenvalue weighted by atomic mass is 32.2. The maximum absolute atomic E-state index is 12.8. The fourth-order valence-corrected chi connectivity index (χ4v) is 3.60. The molecule has 1 fully saturated rings. The van der Waals surface area contributed by atoms with Crippen LogP contribution < -0.4 is 4.72 Å². The monoisotopic (exact) mass is 392 g/mol. The number of aryl methyl sites for hydroxylation is 1. The molecular formula is C17H23F3N2O3S. The van der Waals surface area contributed by atoms with Crippen molar-refractivity contribution < 1.29 is 26.4 Å². The molecule has 0 bridgehead atoms. The van der Waals surface area contributed by atoms with E-state index in [-0.39, 0.29) is 11.6 Å². The van der Waals surface area contributed by atoms with Crippen molar-refractivity contribution in [2.24, 2.45) is 11.1 Å². The number of nitrogens with one attached hydrogen (secondary N) is 1. The van der Waals surface area contributed by atoms with Crippen LogP contribution in [0.5, 0.6) is 0 Å². The molecule has 0 aliphatic heterocycles. The van der Waals surface area contributed by atoms with Crippen LogP contribution in [0.2, 0.25) is 0 Å². The van der Waals surface area contributed by atoms with Gasteiger partial charge in [-0.25, -0.2) is 0 Å². The molecular weight excluding hydrogens is 369 g/mol. The van der Waals surface area contributed by atoms with Crippen molar-refractivity contribution in [2.45, 2.75) is 51.5 Å². The van der Waals surface area contributed by atoms with Gasteiger partial charge in [0.25, 0.3) is 0 Å². The highest BCUT2D eigenvalue weighted by molar-refractivity contribution is 7.93. The zero-order chi connectivity index (χ0) is 19.4. The summed E-state index contributed by atoms with van der Waals surface area (Å²) in [6.45, 7) is 3.85. The number of benzene rings is 1. The van der Waals surface area contributed by atoms with Crippen molar-refractivity contribution in [3.05, 3.63) is 29.3 Å². The van der Waals surface area contributed by atoms with Crippen LogP contribution in [-0.4, -0.2) is 26.2 Å². The summed E-state index contributed by atoms with van der Waals surface area (Å²) in [6.07, 6.45) is 4.76. The SMILES string of the molecule is CCO/N=C(/c1cc(C)ccc1NS(=O)(=O)C(F)(F)F)C1CCCCC1. The Morgan fingerprint density at radius 2 is 1.92 bits per heavy atom. The summed E-state index contributed by atoms with van der Waals surface area (Å²) in [4.78, 5) is 5.18. The van der Waals surface area contributed by atoms with Crippen LogP contribution in [0.3, 0.4) is 0 Å². The number of rotatable bonds is 6. The van der Waals surface area contributed by atoms with E-state index in [1.165, 1.54) is 6.07 Å². The van der Waals surface area contributed by atoms with E-state index >= 15 is 0 Å². The molecule has 0 amide bonds. The highest BCUT2D eigenvalue weighted by Gasteiger charge is 2.46. The average molecular weight is 392 g/mol. The molecule has 1 aliphatic rings. The minimum Gasteiger partial charge on any atom is -0.396 e. The van der Waals surface area contributed by atoms with Gasteiger partial charge in [0.2, 0.25) is 0 Å². The second-order valence-electron chi connectivity index (χ2n) is 6.33. The predicted molar refractivity (Wildman–Crippen MR) is 94.5 cm³/mol. The summed E-state index contributed by atoms with van der Waals surface area (Å²) in [5.74, 6) is 0.0197. The van der Waals surface area contributed by atoms with Gasteiger partial charge >= 0.3 is 15.5 Å². The Morgan fingerprint density at radius 1 is 1.27 bits per heavy atom. The number of hydrogen-bond donors (Lipinski definition) is 1. The number of nitrogens with zero attached hydrogens (tertiary/aromatic N) is 1. The molecule has 2 rings (SSSR count). The Balaban J connectivity index is 2.49. The third kappa shape index (κ3) is 4.90. The van der Waals surface area contributed by atoms with E-state index in [1.807, 2.05) is 0 Å². The topological polar surface area (TPSA) is 67.8 Å². The van der Waals surface area contributed by atoms with Crippen LogP contribution in [0.1, 0.15) is 50.2 Å². The first-order valence-electron chi connectivity index (χ1n) is 8.55. The van der Waals surface area contributed by atoms with Gasteiger partial charge in [0.15, 0.2) is 0 Å². The Morgan fingerprint density at radius 3 is 2.50 bits per heavy atom. The summed E-state index contributed by atoms with van der Waals surface area (Å²) < 4.78 is 63.1. The molecule has 9 heteroatoms. The standard InChI is InChI=1S/C17H23F3N2O3S/c1-3-25-21-16(13-7-5-4-6-8-13)14-11-12(2)9-10-15(14)22-26(23,24)17(18,19)20/h9-11,13,22H,3-8H2,1-2H3/b21-16+. The number of sulfonamides is 1. The van der Waals surface area contributed by atoms with E-state index in [4.69, 9.17) is 4.84 Å². The summed E-state index contributed by atoms with van der Waals surface area (Å²) in [5.41, 5.74) is -3.92. The van der Waals surface area contributed by atoms with Crippen LogP contribution in [0.4, 0.5) is 18.9 Å². The molecule has 1 N–H and O–H groups in total. The molecule has 0 saturated heterocycles. The van der Waals surface area contributed by atoms with Crippen molar-refractivity contribution in [1.29, 1.82) is 0 Å². The van der Waals surface area contributed by atoms with Crippen molar-refractivity contribution in [3.63, 3.8) is 0 Å².